The number of aryl methyl sites for hydroxylation is 1. The summed E-state index contributed by atoms with van der Waals surface area (Å²) in [5, 5.41) is 4.30. The Hall–Kier alpha value is -2.04. The van der Waals surface area contributed by atoms with Gasteiger partial charge in [0.1, 0.15) is 0 Å². The molecule has 0 N–H and O–H groups in total. The van der Waals surface area contributed by atoms with Crippen molar-refractivity contribution in [3.63, 3.8) is 0 Å². The number of aromatic nitrogens is 3. The molecule has 0 bridgehead atoms. The maximum Gasteiger partial charge on any atom is 0.255 e. The second-order valence-corrected chi connectivity index (χ2v) is 6.41. The summed E-state index contributed by atoms with van der Waals surface area (Å²) in [6.45, 7) is 8.78. The van der Waals surface area contributed by atoms with Crippen LogP contribution in [0.2, 0.25) is 0 Å². The normalized spacial score (nSPS) is 18.4. The molecule has 5 heteroatoms. The third-order valence-electron chi connectivity index (χ3n) is 4.97. The molecule has 5 nitrogen and oxygen atoms in total. The molecule has 1 fully saturated rings. The SMILES string of the molecule is CCn1c(C)cc(C(=O)N2CCCCC2Cn2cccn2)c1C. The van der Waals surface area contributed by atoms with E-state index in [1.165, 1.54) is 6.42 Å². The number of nitrogens with zero attached hydrogens (tertiary/aromatic N) is 4. The zero-order chi connectivity index (χ0) is 16.4. The van der Waals surface area contributed by atoms with E-state index in [-0.39, 0.29) is 11.9 Å². The Morgan fingerprint density at radius 3 is 2.83 bits per heavy atom. The Kier molecular flexibility index (Phi) is 4.55. The van der Waals surface area contributed by atoms with E-state index in [0.29, 0.717) is 0 Å². The molecule has 23 heavy (non-hydrogen) atoms. The highest BCUT2D eigenvalue weighted by molar-refractivity contribution is 5.96. The molecule has 0 spiro atoms. The number of piperidine rings is 1. The van der Waals surface area contributed by atoms with Crippen LogP contribution in [0.4, 0.5) is 0 Å². The number of carbonyl (C=O) groups is 1. The van der Waals surface area contributed by atoms with Crippen LogP contribution in [-0.4, -0.2) is 37.7 Å². The Balaban J connectivity index is 1.84. The highest BCUT2D eigenvalue weighted by Gasteiger charge is 2.29. The molecule has 1 aliphatic heterocycles. The molecular weight excluding hydrogens is 288 g/mol. The van der Waals surface area contributed by atoms with Gasteiger partial charge < -0.3 is 9.47 Å². The zero-order valence-corrected chi connectivity index (χ0v) is 14.3. The topological polar surface area (TPSA) is 43.1 Å². The fourth-order valence-corrected chi connectivity index (χ4v) is 3.74. The Bertz CT molecular complexity index is 672. The van der Waals surface area contributed by atoms with Crippen LogP contribution in [0.5, 0.6) is 0 Å². The minimum Gasteiger partial charge on any atom is -0.349 e. The minimum atomic E-state index is 0.176. The van der Waals surface area contributed by atoms with Crippen LogP contribution < -0.4 is 0 Å². The fraction of sp³-hybridized carbons (Fsp3) is 0.556. The van der Waals surface area contributed by atoms with E-state index >= 15 is 0 Å². The first-order valence-corrected chi connectivity index (χ1v) is 8.57. The molecule has 0 aromatic carbocycles. The van der Waals surface area contributed by atoms with Crippen LogP contribution in [0.25, 0.3) is 0 Å². The van der Waals surface area contributed by atoms with Crippen molar-refractivity contribution in [2.45, 2.75) is 59.2 Å². The molecule has 1 amide bonds. The number of hydrogen-bond acceptors (Lipinski definition) is 2. The van der Waals surface area contributed by atoms with Gasteiger partial charge >= 0.3 is 0 Å². The highest BCUT2D eigenvalue weighted by atomic mass is 16.2. The summed E-state index contributed by atoms with van der Waals surface area (Å²) in [6.07, 6.45) is 7.10. The summed E-state index contributed by atoms with van der Waals surface area (Å²) in [6, 6.07) is 4.21. The third-order valence-corrected chi connectivity index (χ3v) is 4.97. The molecule has 0 saturated carbocycles. The standard InChI is InChI=1S/C18H26N4O/c1-4-21-14(2)12-17(15(21)3)18(23)22-11-6-5-8-16(22)13-20-10-7-9-19-20/h7,9-10,12,16H,4-6,8,11,13H2,1-3H3. The number of hydrogen-bond donors (Lipinski definition) is 0. The van der Waals surface area contributed by atoms with Crippen LogP contribution in [0.1, 0.15) is 47.9 Å². The smallest absolute Gasteiger partial charge is 0.255 e. The summed E-state index contributed by atoms with van der Waals surface area (Å²) in [5.74, 6) is 0.176. The van der Waals surface area contributed by atoms with Gasteiger partial charge in [-0.25, -0.2) is 0 Å². The minimum absolute atomic E-state index is 0.176. The molecule has 2 aromatic rings. The van der Waals surface area contributed by atoms with Crippen LogP contribution in [0.3, 0.4) is 0 Å². The van der Waals surface area contributed by atoms with Crippen molar-refractivity contribution in [3.8, 4) is 0 Å². The second kappa shape index (κ2) is 6.60. The predicted molar refractivity (Wildman–Crippen MR) is 90.5 cm³/mol. The quantitative estimate of drug-likeness (QED) is 0.870. The molecule has 3 rings (SSSR count). The molecular formula is C18H26N4O. The van der Waals surface area contributed by atoms with Crippen molar-refractivity contribution < 1.29 is 4.79 Å². The van der Waals surface area contributed by atoms with Crippen LogP contribution in [-0.2, 0) is 13.1 Å². The molecule has 124 valence electrons. The van der Waals surface area contributed by atoms with Gasteiger partial charge in [-0.1, -0.05) is 0 Å². The Labute approximate surface area is 137 Å². The number of likely N-dealkylation sites (tertiary alicyclic amines) is 1. The molecule has 2 aromatic heterocycles. The van der Waals surface area contributed by atoms with E-state index < -0.39 is 0 Å². The average molecular weight is 314 g/mol. The summed E-state index contributed by atoms with van der Waals surface area (Å²) < 4.78 is 4.14. The summed E-state index contributed by atoms with van der Waals surface area (Å²) in [5.41, 5.74) is 3.10. The number of rotatable bonds is 4. The van der Waals surface area contributed by atoms with Gasteiger partial charge in [-0.15, -0.1) is 0 Å². The van der Waals surface area contributed by atoms with Crippen molar-refractivity contribution in [2.75, 3.05) is 6.54 Å². The lowest BCUT2D eigenvalue weighted by atomic mass is 10.0. The van der Waals surface area contributed by atoms with Gasteiger partial charge in [0.05, 0.1) is 18.2 Å². The lowest BCUT2D eigenvalue weighted by Gasteiger charge is -2.35. The van der Waals surface area contributed by atoms with Gasteiger partial charge in [0.2, 0.25) is 0 Å². The van der Waals surface area contributed by atoms with Gasteiger partial charge in [0.15, 0.2) is 0 Å². The largest absolute Gasteiger partial charge is 0.349 e. The van der Waals surface area contributed by atoms with Crippen molar-refractivity contribution in [1.82, 2.24) is 19.2 Å². The average Bonchev–Trinajstić information content (AvgIpc) is 3.15. The van der Waals surface area contributed by atoms with E-state index in [4.69, 9.17) is 0 Å². The van der Waals surface area contributed by atoms with E-state index in [2.05, 4.69) is 35.3 Å². The third kappa shape index (κ3) is 3.05. The molecule has 1 unspecified atom stereocenters. The van der Waals surface area contributed by atoms with Crippen molar-refractivity contribution in [3.05, 3.63) is 41.5 Å². The maximum absolute atomic E-state index is 13.1. The van der Waals surface area contributed by atoms with Gasteiger partial charge in [0, 0.05) is 36.9 Å². The summed E-state index contributed by atoms with van der Waals surface area (Å²) in [4.78, 5) is 15.2. The monoisotopic (exact) mass is 314 g/mol. The molecule has 1 saturated heterocycles. The summed E-state index contributed by atoms with van der Waals surface area (Å²) in [7, 11) is 0. The van der Waals surface area contributed by atoms with E-state index in [0.717, 1.165) is 49.4 Å². The van der Waals surface area contributed by atoms with Crippen LogP contribution >= 0.6 is 0 Å². The zero-order valence-electron chi connectivity index (χ0n) is 14.3. The molecule has 0 radical (unpaired) electrons. The van der Waals surface area contributed by atoms with Gasteiger partial charge in [-0.2, -0.15) is 5.10 Å². The fourth-order valence-electron chi connectivity index (χ4n) is 3.74. The molecule has 0 aliphatic carbocycles. The maximum atomic E-state index is 13.1. The summed E-state index contributed by atoms with van der Waals surface area (Å²) >= 11 is 0. The molecule has 1 aliphatic rings. The van der Waals surface area contributed by atoms with Crippen LogP contribution in [0.15, 0.2) is 24.5 Å². The number of carbonyl (C=O) groups excluding carboxylic acids is 1. The first-order chi connectivity index (χ1) is 11.1. The Morgan fingerprint density at radius 1 is 1.35 bits per heavy atom. The van der Waals surface area contributed by atoms with Crippen molar-refractivity contribution >= 4 is 5.91 Å². The first kappa shape index (κ1) is 15.8. The number of amides is 1. The lowest BCUT2D eigenvalue weighted by Crippen LogP contribution is -2.46. The van der Waals surface area contributed by atoms with E-state index in [1.807, 2.05) is 23.0 Å². The second-order valence-electron chi connectivity index (χ2n) is 6.41. The van der Waals surface area contributed by atoms with Crippen molar-refractivity contribution in [1.29, 1.82) is 0 Å². The first-order valence-electron chi connectivity index (χ1n) is 8.57. The van der Waals surface area contributed by atoms with E-state index in [9.17, 15) is 4.79 Å². The highest BCUT2D eigenvalue weighted by Crippen LogP contribution is 2.24. The Morgan fingerprint density at radius 2 is 2.17 bits per heavy atom. The van der Waals surface area contributed by atoms with Gasteiger partial charge in [-0.05, 0) is 52.2 Å². The lowest BCUT2D eigenvalue weighted by molar-refractivity contribution is 0.0583. The van der Waals surface area contributed by atoms with Gasteiger partial charge in [-0.3, -0.25) is 9.48 Å². The molecule has 1 atom stereocenters. The van der Waals surface area contributed by atoms with Crippen molar-refractivity contribution in [2.24, 2.45) is 0 Å². The van der Waals surface area contributed by atoms with Gasteiger partial charge in [0.25, 0.3) is 5.91 Å². The molecule has 3 heterocycles. The predicted octanol–water partition coefficient (Wildman–Crippen LogP) is 3.02. The van der Waals surface area contributed by atoms with Crippen LogP contribution in [0, 0.1) is 13.8 Å². The van der Waals surface area contributed by atoms with E-state index in [1.54, 1.807) is 6.20 Å².